The molecule has 2 aliphatic carbocycles. The summed E-state index contributed by atoms with van der Waals surface area (Å²) in [4.78, 5) is 0.299. The first kappa shape index (κ1) is 24.0. The second kappa shape index (κ2) is 8.69. The maximum Gasteiger partial charge on any atom is 0.206 e. The molecule has 0 unspecified atom stereocenters. The highest BCUT2D eigenvalue weighted by Gasteiger charge is 2.42. The number of rotatable bonds is 7. The van der Waals surface area contributed by atoms with Crippen molar-refractivity contribution in [2.45, 2.75) is 74.8 Å². The number of hydrogen-bond donors (Lipinski definition) is 1. The molecule has 0 aliphatic heterocycles. The molecule has 5 nitrogen and oxygen atoms in total. The standard InChI is InChI=1S/C24H34O5SSi/c1-23(2,3)31(4,5)28-18-24(25)16-15-21(29-19-11-9-10-12-19)22(17-24)30(26,27)20-13-7-6-8-14-20/h6-10,13-16,19,25H,11-12,17-18H2,1-5H3/t24-/m1/s1. The van der Waals surface area contributed by atoms with E-state index in [-0.39, 0.29) is 34.0 Å². The monoisotopic (exact) mass is 462 g/mol. The molecule has 1 aromatic carbocycles. The molecule has 0 saturated carbocycles. The van der Waals surface area contributed by atoms with E-state index in [4.69, 9.17) is 9.16 Å². The summed E-state index contributed by atoms with van der Waals surface area (Å²) in [5, 5.41) is 11.3. The molecular weight excluding hydrogens is 428 g/mol. The van der Waals surface area contributed by atoms with Gasteiger partial charge in [0.2, 0.25) is 9.84 Å². The van der Waals surface area contributed by atoms with Crippen molar-refractivity contribution >= 4 is 18.2 Å². The molecule has 0 amide bonds. The molecule has 31 heavy (non-hydrogen) atoms. The molecule has 0 spiro atoms. The van der Waals surface area contributed by atoms with Crippen molar-refractivity contribution in [3.8, 4) is 0 Å². The average Bonchev–Trinajstić information content (AvgIpc) is 3.21. The largest absolute Gasteiger partial charge is 0.489 e. The maximum atomic E-state index is 13.5. The van der Waals surface area contributed by atoms with Crippen LogP contribution in [0.2, 0.25) is 18.1 Å². The Morgan fingerprint density at radius 2 is 1.74 bits per heavy atom. The van der Waals surface area contributed by atoms with Crippen molar-refractivity contribution < 1.29 is 22.7 Å². The van der Waals surface area contributed by atoms with Crippen molar-refractivity contribution in [2.75, 3.05) is 6.61 Å². The summed E-state index contributed by atoms with van der Waals surface area (Å²) in [5.74, 6) is 0.314. The highest BCUT2D eigenvalue weighted by molar-refractivity contribution is 7.95. The van der Waals surface area contributed by atoms with Gasteiger partial charge in [0.05, 0.1) is 16.4 Å². The predicted molar refractivity (Wildman–Crippen MR) is 126 cm³/mol. The van der Waals surface area contributed by atoms with Crippen LogP contribution in [0.25, 0.3) is 0 Å². The summed E-state index contributed by atoms with van der Waals surface area (Å²) in [6.45, 7) is 10.7. The molecule has 1 N–H and O–H groups in total. The molecule has 0 radical (unpaired) electrons. The fourth-order valence-corrected chi connectivity index (χ4v) is 5.98. The Balaban J connectivity index is 1.91. The zero-order chi connectivity index (χ0) is 22.9. The van der Waals surface area contributed by atoms with Gasteiger partial charge in [-0.25, -0.2) is 8.42 Å². The lowest BCUT2D eigenvalue weighted by Gasteiger charge is -2.39. The Morgan fingerprint density at radius 3 is 2.32 bits per heavy atom. The lowest BCUT2D eigenvalue weighted by Crippen LogP contribution is -2.46. The first-order valence-corrected chi connectivity index (χ1v) is 15.1. The Labute approximate surface area is 187 Å². The SMILES string of the molecule is CC(C)(C)[Si](C)(C)OC[C@@]1(O)C=CC(OC2CC=CC2)=C(S(=O)(=O)c2ccccc2)C1. The van der Waals surface area contributed by atoms with Gasteiger partial charge in [-0.1, -0.05) is 51.1 Å². The normalized spacial score (nSPS) is 22.9. The van der Waals surface area contributed by atoms with Crippen LogP contribution in [-0.2, 0) is 19.0 Å². The lowest BCUT2D eigenvalue weighted by molar-refractivity contribution is 0.0289. The minimum Gasteiger partial charge on any atom is -0.489 e. The van der Waals surface area contributed by atoms with Crippen LogP contribution in [0, 0.1) is 0 Å². The molecule has 1 atom stereocenters. The van der Waals surface area contributed by atoms with Gasteiger partial charge in [0, 0.05) is 19.3 Å². The van der Waals surface area contributed by atoms with Gasteiger partial charge in [0.15, 0.2) is 8.32 Å². The predicted octanol–water partition coefficient (Wildman–Crippen LogP) is 5.12. The van der Waals surface area contributed by atoms with Crippen molar-refractivity contribution in [3.63, 3.8) is 0 Å². The van der Waals surface area contributed by atoms with Gasteiger partial charge in [-0.05, 0) is 42.4 Å². The van der Waals surface area contributed by atoms with Crippen LogP contribution >= 0.6 is 0 Å². The van der Waals surface area contributed by atoms with Gasteiger partial charge in [-0.2, -0.15) is 0 Å². The lowest BCUT2D eigenvalue weighted by atomic mass is 9.95. The zero-order valence-corrected chi connectivity index (χ0v) is 20.9. The molecular formula is C24H34O5SSi. The minimum absolute atomic E-state index is 0.0136. The van der Waals surface area contributed by atoms with Crippen LogP contribution in [0.5, 0.6) is 0 Å². The van der Waals surface area contributed by atoms with E-state index in [9.17, 15) is 13.5 Å². The van der Waals surface area contributed by atoms with E-state index in [1.165, 1.54) is 0 Å². The Kier molecular flexibility index (Phi) is 6.72. The molecule has 2 aliphatic rings. The van der Waals surface area contributed by atoms with E-state index in [1.807, 2.05) is 12.2 Å². The molecule has 7 heteroatoms. The fraction of sp³-hybridized carbons (Fsp3) is 0.500. The van der Waals surface area contributed by atoms with Gasteiger partial charge < -0.3 is 14.3 Å². The highest BCUT2D eigenvalue weighted by Crippen LogP contribution is 2.40. The van der Waals surface area contributed by atoms with Crippen LogP contribution in [0.4, 0.5) is 0 Å². The highest BCUT2D eigenvalue weighted by atomic mass is 32.2. The number of benzene rings is 1. The third-order valence-corrected chi connectivity index (χ3v) is 12.8. The van der Waals surface area contributed by atoms with Gasteiger partial charge in [0.25, 0.3) is 0 Å². The Bertz CT molecular complexity index is 979. The second-order valence-electron chi connectivity index (χ2n) is 9.95. The van der Waals surface area contributed by atoms with Crippen LogP contribution < -0.4 is 0 Å². The van der Waals surface area contributed by atoms with E-state index in [0.29, 0.717) is 5.76 Å². The third kappa shape index (κ3) is 5.39. The van der Waals surface area contributed by atoms with Gasteiger partial charge in [-0.15, -0.1) is 0 Å². The minimum atomic E-state index is -3.83. The molecule has 170 valence electrons. The molecule has 0 aromatic heterocycles. The average molecular weight is 463 g/mol. The molecule has 1 aromatic rings. The van der Waals surface area contributed by atoms with E-state index in [1.54, 1.807) is 42.5 Å². The van der Waals surface area contributed by atoms with Crippen LogP contribution in [-0.4, -0.2) is 40.2 Å². The van der Waals surface area contributed by atoms with Gasteiger partial charge >= 0.3 is 0 Å². The van der Waals surface area contributed by atoms with Gasteiger partial charge in [0.1, 0.15) is 17.5 Å². The summed E-state index contributed by atoms with van der Waals surface area (Å²) in [6.07, 6.45) is 8.62. The van der Waals surface area contributed by atoms with Crippen molar-refractivity contribution in [1.82, 2.24) is 0 Å². The van der Waals surface area contributed by atoms with Gasteiger partial charge in [-0.3, -0.25) is 0 Å². The number of sulfone groups is 1. The third-order valence-electron chi connectivity index (χ3n) is 6.41. The number of allylic oxidation sites excluding steroid dienone is 1. The molecule has 0 heterocycles. The van der Waals surface area contributed by atoms with E-state index >= 15 is 0 Å². The van der Waals surface area contributed by atoms with E-state index < -0.39 is 23.8 Å². The fourth-order valence-electron chi connectivity index (χ4n) is 3.31. The first-order valence-electron chi connectivity index (χ1n) is 10.7. The number of hydrogen-bond acceptors (Lipinski definition) is 5. The summed E-state index contributed by atoms with van der Waals surface area (Å²) < 4.78 is 39.3. The molecule has 3 rings (SSSR count). The Hall–Kier alpha value is -1.67. The molecule has 0 bridgehead atoms. The topological polar surface area (TPSA) is 72.8 Å². The maximum absolute atomic E-state index is 13.5. The zero-order valence-electron chi connectivity index (χ0n) is 19.1. The van der Waals surface area contributed by atoms with E-state index in [0.717, 1.165) is 12.8 Å². The van der Waals surface area contributed by atoms with E-state index in [2.05, 4.69) is 33.9 Å². The summed E-state index contributed by atoms with van der Waals surface area (Å²) >= 11 is 0. The van der Waals surface area contributed by atoms with Crippen LogP contribution in [0.15, 0.2) is 70.2 Å². The number of ether oxygens (including phenoxy) is 1. The quantitative estimate of drug-likeness (QED) is 0.450. The smallest absolute Gasteiger partial charge is 0.206 e. The second-order valence-corrected chi connectivity index (χ2v) is 16.7. The summed E-state index contributed by atoms with van der Waals surface area (Å²) in [7, 11) is -5.94. The summed E-state index contributed by atoms with van der Waals surface area (Å²) in [6, 6.07) is 8.31. The first-order chi connectivity index (χ1) is 14.3. The van der Waals surface area contributed by atoms with Crippen molar-refractivity contribution in [1.29, 1.82) is 0 Å². The number of aliphatic hydroxyl groups is 1. The van der Waals surface area contributed by atoms with Crippen molar-refractivity contribution in [2.24, 2.45) is 0 Å². The molecule has 0 fully saturated rings. The van der Waals surface area contributed by atoms with Crippen LogP contribution in [0.1, 0.15) is 40.0 Å². The van der Waals surface area contributed by atoms with Crippen molar-refractivity contribution in [3.05, 3.63) is 65.3 Å². The summed E-state index contributed by atoms with van der Waals surface area (Å²) in [5.41, 5.74) is -1.41. The Morgan fingerprint density at radius 1 is 1.13 bits per heavy atom. The van der Waals surface area contributed by atoms with Crippen LogP contribution in [0.3, 0.4) is 0 Å². The molecule has 0 saturated heterocycles.